The Bertz CT molecular complexity index is 512. The molecule has 1 atom stereocenters. The average Bonchev–Trinajstić information content (AvgIpc) is 2.50. The standard InChI is InChI=1S/C13H21N3O3/c1-7-10(12(18)19)8(2)16(15-7)9(3)11(17)14-13(4,5)6/h9H,1-6H3,(H,14,17)(H,18,19). The van der Waals surface area contributed by atoms with Crippen molar-refractivity contribution in [1.29, 1.82) is 0 Å². The lowest BCUT2D eigenvalue weighted by Gasteiger charge is -2.23. The second-order valence-electron chi connectivity index (χ2n) is 5.71. The zero-order chi connectivity index (χ0) is 15.0. The maximum atomic E-state index is 12.1. The molecule has 0 saturated heterocycles. The first-order chi connectivity index (χ1) is 8.54. The molecule has 1 aromatic heterocycles. The number of amides is 1. The van der Waals surface area contributed by atoms with Gasteiger partial charge in [0.2, 0.25) is 5.91 Å². The summed E-state index contributed by atoms with van der Waals surface area (Å²) < 4.78 is 1.46. The molecule has 1 amide bonds. The van der Waals surface area contributed by atoms with Gasteiger partial charge in [-0.2, -0.15) is 5.10 Å². The molecule has 6 nitrogen and oxygen atoms in total. The summed E-state index contributed by atoms with van der Waals surface area (Å²) in [7, 11) is 0. The average molecular weight is 267 g/mol. The van der Waals surface area contributed by atoms with Crippen molar-refractivity contribution in [1.82, 2.24) is 15.1 Å². The molecule has 1 rings (SSSR count). The van der Waals surface area contributed by atoms with Crippen molar-refractivity contribution in [3.05, 3.63) is 17.0 Å². The summed E-state index contributed by atoms with van der Waals surface area (Å²) >= 11 is 0. The third kappa shape index (κ3) is 3.33. The molecular formula is C13H21N3O3. The molecule has 106 valence electrons. The van der Waals surface area contributed by atoms with Crippen LogP contribution in [0.15, 0.2) is 0 Å². The van der Waals surface area contributed by atoms with Gasteiger partial charge >= 0.3 is 5.97 Å². The molecule has 2 N–H and O–H groups in total. The van der Waals surface area contributed by atoms with Gasteiger partial charge in [0.15, 0.2) is 0 Å². The number of carbonyl (C=O) groups is 2. The minimum Gasteiger partial charge on any atom is -0.478 e. The number of aromatic nitrogens is 2. The largest absolute Gasteiger partial charge is 0.478 e. The van der Waals surface area contributed by atoms with Crippen molar-refractivity contribution < 1.29 is 14.7 Å². The van der Waals surface area contributed by atoms with Crippen LogP contribution in [0.2, 0.25) is 0 Å². The number of rotatable bonds is 3. The van der Waals surface area contributed by atoms with E-state index in [0.717, 1.165) is 0 Å². The Balaban J connectivity index is 3.08. The zero-order valence-electron chi connectivity index (χ0n) is 12.2. The SMILES string of the molecule is Cc1nn(C(C)C(=O)NC(C)(C)C)c(C)c1C(=O)O. The molecule has 0 aliphatic heterocycles. The second kappa shape index (κ2) is 5.03. The van der Waals surface area contributed by atoms with Gasteiger partial charge in [0, 0.05) is 5.54 Å². The van der Waals surface area contributed by atoms with Crippen molar-refractivity contribution in [2.45, 2.75) is 53.1 Å². The zero-order valence-corrected chi connectivity index (χ0v) is 12.2. The molecule has 0 aliphatic rings. The van der Waals surface area contributed by atoms with Gasteiger partial charge in [-0.05, 0) is 41.5 Å². The Morgan fingerprint density at radius 1 is 1.32 bits per heavy atom. The van der Waals surface area contributed by atoms with Crippen LogP contribution < -0.4 is 5.32 Å². The Kier molecular flexibility index (Phi) is 4.03. The van der Waals surface area contributed by atoms with Gasteiger partial charge in [-0.25, -0.2) is 4.79 Å². The first-order valence-corrected chi connectivity index (χ1v) is 6.15. The van der Waals surface area contributed by atoms with Gasteiger partial charge in [0.1, 0.15) is 11.6 Å². The van der Waals surface area contributed by atoms with E-state index in [-0.39, 0.29) is 17.0 Å². The Morgan fingerprint density at radius 2 is 1.84 bits per heavy atom. The van der Waals surface area contributed by atoms with E-state index >= 15 is 0 Å². The summed E-state index contributed by atoms with van der Waals surface area (Å²) in [5.41, 5.74) is 0.731. The van der Waals surface area contributed by atoms with Crippen molar-refractivity contribution in [2.75, 3.05) is 0 Å². The number of hydrogen-bond donors (Lipinski definition) is 2. The summed E-state index contributed by atoms with van der Waals surface area (Å²) in [6.45, 7) is 10.7. The fourth-order valence-electron chi connectivity index (χ4n) is 1.93. The molecular weight excluding hydrogens is 246 g/mol. The molecule has 1 aromatic rings. The normalized spacial score (nSPS) is 13.2. The first-order valence-electron chi connectivity index (χ1n) is 6.15. The highest BCUT2D eigenvalue weighted by Crippen LogP contribution is 2.18. The van der Waals surface area contributed by atoms with Crippen LogP contribution in [0, 0.1) is 13.8 Å². The van der Waals surface area contributed by atoms with E-state index in [1.807, 2.05) is 20.8 Å². The molecule has 6 heteroatoms. The van der Waals surface area contributed by atoms with Crippen LogP contribution in [0.4, 0.5) is 0 Å². The van der Waals surface area contributed by atoms with Crippen LogP contribution in [-0.2, 0) is 4.79 Å². The monoisotopic (exact) mass is 267 g/mol. The number of nitrogens with one attached hydrogen (secondary N) is 1. The number of nitrogens with zero attached hydrogens (tertiary/aromatic N) is 2. The van der Waals surface area contributed by atoms with Gasteiger partial charge in [-0.1, -0.05) is 0 Å². The predicted molar refractivity (Wildman–Crippen MR) is 71.3 cm³/mol. The molecule has 0 aliphatic carbocycles. The summed E-state index contributed by atoms with van der Waals surface area (Å²) in [6.07, 6.45) is 0. The highest BCUT2D eigenvalue weighted by atomic mass is 16.4. The number of aryl methyl sites for hydroxylation is 1. The molecule has 0 radical (unpaired) electrons. The van der Waals surface area contributed by atoms with E-state index in [9.17, 15) is 9.59 Å². The minimum atomic E-state index is -1.02. The lowest BCUT2D eigenvalue weighted by atomic mass is 10.1. The molecule has 19 heavy (non-hydrogen) atoms. The molecule has 0 aromatic carbocycles. The number of aromatic carboxylic acids is 1. The summed E-state index contributed by atoms with van der Waals surface area (Å²) in [4.78, 5) is 23.2. The Labute approximate surface area is 112 Å². The van der Waals surface area contributed by atoms with E-state index in [2.05, 4.69) is 10.4 Å². The van der Waals surface area contributed by atoms with Crippen LogP contribution in [0.25, 0.3) is 0 Å². The highest BCUT2D eigenvalue weighted by molar-refractivity contribution is 5.90. The topological polar surface area (TPSA) is 84.2 Å². The van der Waals surface area contributed by atoms with Crippen LogP contribution in [0.5, 0.6) is 0 Å². The third-order valence-corrected chi connectivity index (χ3v) is 2.78. The lowest BCUT2D eigenvalue weighted by molar-refractivity contribution is -0.125. The second-order valence-corrected chi connectivity index (χ2v) is 5.71. The van der Waals surface area contributed by atoms with Crippen molar-refractivity contribution in [3.8, 4) is 0 Å². The van der Waals surface area contributed by atoms with Gasteiger partial charge in [0.05, 0.1) is 11.4 Å². The van der Waals surface area contributed by atoms with Crippen molar-refractivity contribution in [3.63, 3.8) is 0 Å². The van der Waals surface area contributed by atoms with Gasteiger partial charge in [0.25, 0.3) is 0 Å². The fourth-order valence-corrected chi connectivity index (χ4v) is 1.93. The Hall–Kier alpha value is -1.85. The summed E-state index contributed by atoms with van der Waals surface area (Å²) in [5.74, 6) is -1.21. The quantitative estimate of drug-likeness (QED) is 0.872. The van der Waals surface area contributed by atoms with Crippen LogP contribution in [-0.4, -0.2) is 32.3 Å². The fraction of sp³-hybridized carbons (Fsp3) is 0.615. The molecule has 0 fully saturated rings. The van der Waals surface area contributed by atoms with Gasteiger partial charge in [-0.15, -0.1) is 0 Å². The summed E-state index contributed by atoms with van der Waals surface area (Å²) in [6, 6.07) is -0.550. The molecule has 1 heterocycles. The lowest BCUT2D eigenvalue weighted by Crippen LogP contribution is -2.44. The van der Waals surface area contributed by atoms with Crippen molar-refractivity contribution >= 4 is 11.9 Å². The number of carboxylic acids is 1. The van der Waals surface area contributed by atoms with E-state index in [1.54, 1.807) is 20.8 Å². The molecule has 0 spiro atoms. The number of carbonyl (C=O) groups excluding carboxylic acids is 1. The van der Waals surface area contributed by atoms with E-state index in [0.29, 0.717) is 11.4 Å². The van der Waals surface area contributed by atoms with E-state index < -0.39 is 12.0 Å². The van der Waals surface area contributed by atoms with Crippen molar-refractivity contribution in [2.24, 2.45) is 0 Å². The van der Waals surface area contributed by atoms with E-state index in [1.165, 1.54) is 4.68 Å². The Morgan fingerprint density at radius 3 is 2.21 bits per heavy atom. The number of carboxylic acid groups (broad SMARTS) is 1. The van der Waals surface area contributed by atoms with Gasteiger partial charge < -0.3 is 10.4 Å². The maximum Gasteiger partial charge on any atom is 0.339 e. The van der Waals surface area contributed by atoms with E-state index in [4.69, 9.17) is 5.11 Å². The maximum absolute atomic E-state index is 12.1. The van der Waals surface area contributed by atoms with Crippen LogP contribution in [0.1, 0.15) is 55.5 Å². The van der Waals surface area contributed by atoms with Gasteiger partial charge in [-0.3, -0.25) is 9.48 Å². The first kappa shape index (κ1) is 15.2. The van der Waals surface area contributed by atoms with Crippen LogP contribution in [0.3, 0.4) is 0 Å². The van der Waals surface area contributed by atoms with Crippen LogP contribution >= 0.6 is 0 Å². The predicted octanol–water partition coefficient (Wildman–Crippen LogP) is 1.67. The summed E-state index contributed by atoms with van der Waals surface area (Å²) in [5, 5.41) is 16.1. The molecule has 1 unspecified atom stereocenters. The third-order valence-electron chi connectivity index (χ3n) is 2.78. The molecule has 0 saturated carbocycles. The molecule has 0 bridgehead atoms. The number of hydrogen-bond acceptors (Lipinski definition) is 3. The smallest absolute Gasteiger partial charge is 0.339 e. The highest BCUT2D eigenvalue weighted by Gasteiger charge is 2.26. The minimum absolute atomic E-state index is 0.162.